The van der Waals surface area contributed by atoms with Gasteiger partial charge in [-0.2, -0.15) is 0 Å². The normalized spacial score (nSPS) is 11.6. The van der Waals surface area contributed by atoms with Crippen LogP contribution in [0.15, 0.2) is 102 Å². The number of para-hydroxylation sites is 4. The summed E-state index contributed by atoms with van der Waals surface area (Å²) in [4.78, 5) is 15.6. The van der Waals surface area contributed by atoms with Crippen molar-refractivity contribution >= 4 is 32.8 Å². The summed E-state index contributed by atoms with van der Waals surface area (Å²) in [5.74, 6) is 0. The Labute approximate surface area is 166 Å². The van der Waals surface area contributed by atoms with Crippen LogP contribution >= 0.6 is 0 Å². The molecule has 0 atom stereocenters. The Kier molecular flexibility index (Phi) is 3.29. The first-order valence-electron chi connectivity index (χ1n) is 9.60. The van der Waals surface area contributed by atoms with E-state index in [4.69, 9.17) is 0 Å². The lowest BCUT2D eigenvalue weighted by Crippen LogP contribution is -2.14. The number of rotatable bonds is 2. The molecule has 0 radical (unpaired) electrons. The molecule has 6 rings (SSSR count). The summed E-state index contributed by atoms with van der Waals surface area (Å²) in [7, 11) is 0. The second-order valence-corrected chi connectivity index (χ2v) is 7.17. The van der Waals surface area contributed by atoms with Crippen molar-refractivity contribution < 1.29 is 0 Å². The average Bonchev–Trinajstić information content (AvgIpc) is 3.28. The standard InChI is InChI=1S/C25H17N3O/c29-25-26-21-11-5-7-13-24(21)28(25)18-14-15-23-20(16-18)19-10-4-6-12-22(19)27(23)17-8-2-1-3-9-17/h1-16H,(H,26,29). The predicted molar refractivity (Wildman–Crippen MR) is 118 cm³/mol. The summed E-state index contributed by atoms with van der Waals surface area (Å²) in [6, 6.07) is 32.8. The van der Waals surface area contributed by atoms with Gasteiger partial charge in [-0.3, -0.25) is 4.57 Å². The van der Waals surface area contributed by atoms with E-state index in [-0.39, 0.29) is 5.69 Å². The molecule has 4 heteroatoms. The first-order chi connectivity index (χ1) is 14.3. The molecule has 0 bridgehead atoms. The third kappa shape index (κ3) is 2.29. The number of hydrogen-bond donors (Lipinski definition) is 1. The molecule has 4 nitrogen and oxygen atoms in total. The van der Waals surface area contributed by atoms with E-state index >= 15 is 0 Å². The number of aromatic nitrogens is 3. The highest BCUT2D eigenvalue weighted by molar-refractivity contribution is 6.10. The fourth-order valence-corrected chi connectivity index (χ4v) is 4.27. The molecule has 1 N–H and O–H groups in total. The van der Waals surface area contributed by atoms with Crippen molar-refractivity contribution in [3.05, 3.63) is 108 Å². The maximum Gasteiger partial charge on any atom is 0.331 e. The molecule has 0 unspecified atom stereocenters. The van der Waals surface area contributed by atoms with Gasteiger partial charge < -0.3 is 9.55 Å². The summed E-state index contributed by atoms with van der Waals surface area (Å²) in [5.41, 5.74) is 5.84. The van der Waals surface area contributed by atoms with Crippen LogP contribution in [0.1, 0.15) is 0 Å². The maximum atomic E-state index is 12.7. The predicted octanol–water partition coefficient (Wildman–Crippen LogP) is 5.42. The largest absolute Gasteiger partial charge is 0.331 e. The Bertz CT molecular complexity index is 1570. The molecule has 2 aromatic heterocycles. The smallest absolute Gasteiger partial charge is 0.309 e. The van der Waals surface area contributed by atoms with Crippen molar-refractivity contribution in [1.82, 2.24) is 14.1 Å². The van der Waals surface area contributed by atoms with E-state index in [2.05, 4.69) is 70.2 Å². The van der Waals surface area contributed by atoms with Crippen LogP contribution in [0.2, 0.25) is 0 Å². The van der Waals surface area contributed by atoms with Crippen molar-refractivity contribution in [2.24, 2.45) is 0 Å². The minimum absolute atomic E-state index is 0.127. The second kappa shape index (κ2) is 5.97. The molecular weight excluding hydrogens is 358 g/mol. The number of nitrogens with zero attached hydrogens (tertiary/aromatic N) is 2. The zero-order chi connectivity index (χ0) is 19.4. The third-order valence-corrected chi connectivity index (χ3v) is 5.52. The minimum atomic E-state index is -0.127. The van der Waals surface area contributed by atoms with Crippen LogP contribution in [0.5, 0.6) is 0 Å². The Morgan fingerprint density at radius 3 is 2.10 bits per heavy atom. The zero-order valence-corrected chi connectivity index (χ0v) is 15.5. The zero-order valence-electron chi connectivity index (χ0n) is 15.5. The van der Waals surface area contributed by atoms with E-state index in [1.54, 1.807) is 4.57 Å². The number of nitrogens with one attached hydrogen (secondary N) is 1. The Morgan fingerprint density at radius 2 is 1.24 bits per heavy atom. The SMILES string of the molecule is O=c1[nH]c2ccccc2n1-c1ccc2c(c1)c1ccccc1n2-c1ccccc1. The van der Waals surface area contributed by atoms with Crippen molar-refractivity contribution in [3.63, 3.8) is 0 Å². The maximum absolute atomic E-state index is 12.7. The van der Waals surface area contributed by atoms with Gasteiger partial charge in [-0.25, -0.2) is 4.79 Å². The molecule has 4 aromatic carbocycles. The van der Waals surface area contributed by atoms with Crippen LogP contribution in [-0.4, -0.2) is 14.1 Å². The van der Waals surface area contributed by atoms with Gasteiger partial charge in [-0.1, -0.05) is 48.5 Å². The average molecular weight is 375 g/mol. The molecule has 6 aromatic rings. The summed E-state index contributed by atoms with van der Waals surface area (Å²) in [5, 5.41) is 2.29. The lowest BCUT2D eigenvalue weighted by atomic mass is 10.1. The Morgan fingerprint density at radius 1 is 0.552 bits per heavy atom. The highest BCUT2D eigenvalue weighted by Crippen LogP contribution is 2.33. The lowest BCUT2D eigenvalue weighted by Gasteiger charge is -2.08. The number of imidazole rings is 1. The quantitative estimate of drug-likeness (QED) is 0.432. The molecule has 0 aliphatic heterocycles. The lowest BCUT2D eigenvalue weighted by molar-refractivity contribution is 1.02. The summed E-state index contributed by atoms with van der Waals surface area (Å²) in [6.07, 6.45) is 0. The molecule has 29 heavy (non-hydrogen) atoms. The Hall–Kier alpha value is -4.05. The van der Waals surface area contributed by atoms with Crippen molar-refractivity contribution in [2.75, 3.05) is 0 Å². The molecule has 0 aliphatic carbocycles. The van der Waals surface area contributed by atoms with E-state index in [0.29, 0.717) is 0 Å². The molecule has 0 spiro atoms. The van der Waals surface area contributed by atoms with Crippen molar-refractivity contribution in [1.29, 1.82) is 0 Å². The van der Waals surface area contributed by atoms with Crippen LogP contribution in [0.3, 0.4) is 0 Å². The van der Waals surface area contributed by atoms with Gasteiger partial charge in [0.25, 0.3) is 0 Å². The second-order valence-electron chi connectivity index (χ2n) is 7.17. The number of fused-ring (bicyclic) bond motifs is 4. The van der Waals surface area contributed by atoms with Crippen molar-refractivity contribution in [3.8, 4) is 11.4 Å². The van der Waals surface area contributed by atoms with Crippen LogP contribution in [-0.2, 0) is 0 Å². The highest BCUT2D eigenvalue weighted by Gasteiger charge is 2.14. The number of hydrogen-bond acceptors (Lipinski definition) is 1. The van der Waals surface area contributed by atoms with Crippen LogP contribution < -0.4 is 5.69 Å². The van der Waals surface area contributed by atoms with Gasteiger partial charge in [-0.05, 0) is 48.5 Å². The fraction of sp³-hybridized carbons (Fsp3) is 0. The number of benzene rings is 4. The van der Waals surface area contributed by atoms with E-state index in [1.807, 2.05) is 36.4 Å². The van der Waals surface area contributed by atoms with E-state index in [9.17, 15) is 4.79 Å². The molecule has 2 heterocycles. The van der Waals surface area contributed by atoms with Gasteiger partial charge in [0.05, 0.1) is 27.8 Å². The van der Waals surface area contributed by atoms with E-state index in [1.165, 1.54) is 5.39 Å². The molecular formula is C25H17N3O. The topological polar surface area (TPSA) is 42.7 Å². The molecule has 0 saturated heterocycles. The van der Waals surface area contributed by atoms with Crippen molar-refractivity contribution in [2.45, 2.75) is 0 Å². The van der Waals surface area contributed by atoms with Crippen LogP contribution in [0, 0.1) is 0 Å². The van der Waals surface area contributed by atoms with E-state index < -0.39 is 0 Å². The van der Waals surface area contributed by atoms with Gasteiger partial charge in [0.1, 0.15) is 0 Å². The molecule has 0 aliphatic rings. The third-order valence-electron chi connectivity index (χ3n) is 5.52. The molecule has 0 amide bonds. The number of aromatic amines is 1. The minimum Gasteiger partial charge on any atom is -0.309 e. The molecule has 138 valence electrons. The van der Waals surface area contributed by atoms with Gasteiger partial charge in [0, 0.05) is 16.5 Å². The summed E-state index contributed by atoms with van der Waals surface area (Å²) >= 11 is 0. The van der Waals surface area contributed by atoms with Crippen LogP contribution in [0.4, 0.5) is 0 Å². The van der Waals surface area contributed by atoms with Crippen LogP contribution in [0.25, 0.3) is 44.2 Å². The van der Waals surface area contributed by atoms with E-state index in [0.717, 1.165) is 38.8 Å². The van der Waals surface area contributed by atoms with Gasteiger partial charge in [0.2, 0.25) is 0 Å². The monoisotopic (exact) mass is 375 g/mol. The van der Waals surface area contributed by atoms with Gasteiger partial charge >= 0.3 is 5.69 Å². The van der Waals surface area contributed by atoms with Gasteiger partial charge in [0.15, 0.2) is 0 Å². The summed E-state index contributed by atoms with van der Waals surface area (Å²) < 4.78 is 4.01. The Balaban J connectivity index is 1.70. The van der Waals surface area contributed by atoms with Gasteiger partial charge in [-0.15, -0.1) is 0 Å². The first kappa shape index (κ1) is 16.0. The summed E-state index contributed by atoms with van der Waals surface area (Å²) in [6.45, 7) is 0. The fourth-order valence-electron chi connectivity index (χ4n) is 4.27. The number of H-pyrrole nitrogens is 1. The molecule has 0 fully saturated rings. The first-order valence-corrected chi connectivity index (χ1v) is 9.60. The molecule has 0 saturated carbocycles. The highest BCUT2D eigenvalue weighted by atomic mass is 16.1.